The molecule has 3 aromatic rings. The molecule has 190 valence electrons. The number of nitrogens with zero attached hydrogens (tertiary/aromatic N) is 5. The van der Waals surface area contributed by atoms with Crippen LogP contribution in [0.25, 0.3) is 11.3 Å². The molecular weight excluding hydrogens is 466 g/mol. The summed E-state index contributed by atoms with van der Waals surface area (Å²) in [6.07, 6.45) is 5.69. The van der Waals surface area contributed by atoms with E-state index in [0.29, 0.717) is 49.0 Å². The monoisotopic (exact) mass is 497 g/mol. The Labute approximate surface area is 216 Å². The Bertz CT molecular complexity index is 1380. The molecule has 2 saturated heterocycles. The van der Waals surface area contributed by atoms with Crippen LogP contribution in [0.2, 0.25) is 0 Å². The van der Waals surface area contributed by atoms with Gasteiger partial charge in [0.1, 0.15) is 11.4 Å². The van der Waals surface area contributed by atoms with Crippen LogP contribution in [-0.2, 0) is 4.79 Å². The molecule has 1 spiro atoms. The van der Waals surface area contributed by atoms with Crippen molar-refractivity contribution in [1.82, 2.24) is 19.9 Å². The number of ether oxygens (including phenoxy) is 1. The number of benzene rings is 1. The highest BCUT2D eigenvalue weighted by Gasteiger charge is 2.48. The van der Waals surface area contributed by atoms with Gasteiger partial charge in [-0.05, 0) is 55.8 Å². The van der Waals surface area contributed by atoms with E-state index in [1.165, 1.54) is 24.2 Å². The van der Waals surface area contributed by atoms with E-state index in [2.05, 4.69) is 62.4 Å². The van der Waals surface area contributed by atoms with Crippen molar-refractivity contribution < 1.29 is 9.53 Å². The molecule has 7 rings (SSSR count). The van der Waals surface area contributed by atoms with Crippen LogP contribution < -0.4 is 20.3 Å². The normalized spacial score (nSPS) is 23.4. The van der Waals surface area contributed by atoms with Gasteiger partial charge < -0.3 is 20.3 Å². The van der Waals surface area contributed by atoms with E-state index in [1.807, 2.05) is 12.1 Å². The average Bonchev–Trinajstić information content (AvgIpc) is 3.49. The maximum Gasteiger partial charge on any atom is 0.227 e. The number of rotatable bonds is 5. The Morgan fingerprint density at radius 3 is 2.81 bits per heavy atom. The summed E-state index contributed by atoms with van der Waals surface area (Å²) in [4.78, 5) is 30.5. The van der Waals surface area contributed by atoms with Crippen molar-refractivity contribution in [3.63, 3.8) is 0 Å². The van der Waals surface area contributed by atoms with Gasteiger partial charge in [-0.1, -0.05) is 6.92 Å². The topological polar surface area (TPSA) is 95.5 Å². The predicted molar refractivity (Wildman–Crippen MR) is 143 cm³/mol. The van der Waals surface area contributed by atoms with Gasteiger partial charge in [-0.2, -0.15) is 0 Å². The van der Waals surface area contributed by atoms with Crippen LogP contribution in [0.15, 0.2) is 42.7 Å². The van der Waals surface area contributed by atoms with Crippen molar-refractivity contribution >= 4 is 28.9 Å². The van der Waals surface area contributed by atoms with E-state index in [1.54, 1.807) is 12.4 Å². The van der Waals surface area contributed by atoms with Crippen LogP contribution in [0.5, 0.6) is 5.75 Å². The van der Waals surface area contributed by atoms with E-state index in [-0.39, 0.29) is 5.78 Å². The summed E-state index contributed by atoms with van der Waals surface area (Å²) < 4.78 is 6.20. The zero-order chi connectivity index (χ0) is 25.1. The summed E-state index contributed by atoms with van der Waals surface area (Å²) in [6.45, 7) is 8.46. The fourth-order valence-electron chi connectivity index (χ4n) is 6.37. The second-order valence-electron chi connectivity index (χ2n) is 10.8. The quantitative estimate of drug-likeness (QED) is 0.546. The highest BCUT2D eigenvalue weighted by molar-refractivity contribution is 5.88. The van der Waals surface area contributed by atoms with Gasteiger partial charge >= 0.3 is 0 Å². The molecule has 3 fully saturated rings. The fourth-order valence-corrected chi connectivity index (χ4v) is 6.37. The standard InChI is InChI=1S/C28H31N7O2/c1-3-34-14-21-10-20(34)15-35(21)24-5-4-19(8-17(24)2)32-27-29-7-6-23(33-27)18-9-25-26(30-13-18)31-16-28(37-25)11-22(36)12-28/h4-9,13,20-21H,3,10-12,14-16H2,1-2H3,(H,30,31)(H,29,32,33)/t20-,21-/m0/s1. The van der Waals surface area contributed by atoms with Crippen LogP contribution >= 0.6 is 0 Å². The first-order chi connectivity index (χ1) is 18.0. The third kappa shape index (κ3) is 3.89. The molecule has 5 heterocycles. The molecule has 2 aromatic heterocycles. The molecule has 1 aliphatic carbocycles. The van der Waals surface area contributed by atoms with Crippen LogP contribution in [-0.4, -0.2) is 69.5 Å². The highest BCUT2D eigenvalue weighted by Crippen LogP contribution is 2.42. The largest absolute Gasteiger partial charge is 0.481 e. The van der Waals surface area contributed by atoms with Crippen molar-refractivity contribution in [2.24, 2.45) is 0 Å². The van der Waals surface area contributed by atoms with Crippen molar-refractivity contribution in [3.8, 4) is 17.0 Å². The minimum atomic E-state index is -0.434. The predicted octanol–water partition coefficient (Wildman–Crippen LogP) is 3.78. The van der Waals surface area contributed by atoms with Gasteiger partial charge in [0.2, 0.25) is 5.95 Å². The number of aryl methyl sites for hydroxylation is 1. The molecule has 0 radical (unpaired) electrons. The van der Waals surface area contributed by atoms with E-state index >= 15 is 0 Å². The Kier molecular flexibility index (Phi) is 5.11. The number of hydrogen-bond acceptors (Lipinski definition) is 9. The van der Waals surface area contributed by atoms with Crippen molar-refractivity contribution in [3.05, 3.63) is 48.3 Å². The lowest BCUT2D eigenvalue weighted by Crippen LogP contribution is -2.56. The van der Waals surface area contributed by atoms with E-state index in [0.717, 1.165) is 30.0 Å². The molecule has 4 aliphatic rings. The molecule has 9 heteroatoms. The van der Waals surface area contributed by atoms with Gasteiger partial charge in [0.25, 0.3) is 0 Å². The number of likely N-dealkylation sites (N-methyl/N-ethyl adjacent to an activating group) is 1. The number of carbonyl (C=O) groups is 1. The number of likely N-dealkylation sites (tertiary alicyclic amines) is 1. The van der Waals surface area contributed by atoms with Crippen LogP contribution in [0.3, 0.4) is 0 Å². The Morgan fingerprint density at radius 1 is 1.16 bits per heavy atom. The molecule has 3 aliphatic heterocycles. The number of carbonyl (C=O) groups excluding carboxylic acids is 1. The summed E-state index contributed by atoms with van der Waals surface area (Å²) >= 11 is 0. The van der Waals surface area contributed by atoms with E-state index in [4.69, 9.17) is 9.72 Å². The number of hydrogen-bond donors (Lipinski definition) is 2. The molecule has 1 aromatic carbocycles. The number of piperazine rings is 1. The summed E-state index contributed by atoms with van der Waals surface area (Å²) in [5.74, 6) is 2.12. The maximum absolute atomic E-state index is 11.6. The molecule has 2 N–H and O–H groups in total. The third-order valence-corrected chi connectivity index (χ3v) is 8.27. The molecule has 0 unspecified atom stereocenters. The zero-order valence-electron chi connectivity index (χ0n) is 21.2. The smallest absolute Gasteiger partial charge is 0.227 e. The SMILES string of the molecule is CCN1C[C@@H]2C[C@H]1CN2c1ccc(Nc2nccc(-c3cnc4c(c3)OC3(CN4)CC(=O)C3)n2)cc1C. The summed E-state index contributed by atoms with van der Waals surface area (Å²) in [6, 6.07) is 11.6. The number of nitrogens with one attached hydrogen (secondary N) is 2. The number of ketones is 1. The van der Waals surface area contributed by atoms with Gasteiger partial charge in [0, 0.05) is 67.3 Å². The van der Waals surface area contributed by atoms with Crippen molar-refractivity contribution in [2.45, 2.75) is 50.8 Å². The van der Waals surface area contributed by atoms with Crippen LogP contribution in [0.4, 0.5) is 23.1 Å². The molecule has 2 atom stereocenters. The average molecular weight is 498 g/mol. The summed E-state index contributed by atoms with van der Waals surface area (Å²) in [5, 5.41) is 6.67. The van der Waals surface area contributed by atoms with Gasteiger partial charge in [0.05, 0.1) is 12.2 Å². The summed E-state index contributed by atoms with van der Waals surface area (Å²) in [7, 11) is 0. The zero-order valence-corrected chi connectivity index (χ0v) is 21.2. The van der Waals surface area contributed by atoms with Gasteiger partial charge in [-0.15, -0.1) is 0 Å². The highest BCUT2D eigenvalue weighted by atomic mass is 16.5. The van der Waals surface area contributed by atoms with Gasteiger partial charge in [-0.25, -0.2) is 15.0 Å². The third-order valence-electron chi connectivity index (χ3n) is 8.27. The van der Waals surface area contributed by atoms with Crippen LogP contribution in [0, 0.1) is 6.92 Å². The Hall–Kier alpha value is -3.72. The van der Waals surface area contributed by atoms with Gasteiger partial charge in [-0.3, -0.25) is 9.69 Å². The first-order valence-corrected chi connectivity index (χ1v) is 13.1. The van der Waals surface area contributed by atoms with Crippen molar-refractivity contribution in [1.29, 1.82) is 0 Å². The number of aromatic nitrogens is 3. The first-order valence-electron chi connectivity index (χ1n) is 13.1. The van der Waals surface area contributed by atoms with Crippen molar-refractivity contribution in [2.75, 3.05) is 41.7 Å². The van der Waals surface area contributed by atoms with E-state index in [9.17, 15) is 4.79 Å². The second kappa shape index (κ2) is 8.41. The number of fused-ring (bicyclic) bond motifs is 3. The van der Waals surface area contributed by atoms with Gasteiger partial charge in [0.15, 0.2) is 11.6 Å². The number of Topliss-reactive ketones (excluding diaryl/α,β-unsaturated/α-hetero) is 1. The molecule has 37 heavy (non-hydrogen) atoms. The van der Waals surface area contributed by atoms with E-state index < -0.39 is 5.60 Å². The van der Waals surface area contributed by atoms with Crippen LogP contribution in [0.1, 0.15) is 31.7 Å². The lowest BCUT2D eigenvalue weighted by molar-refractivity contribution is -0.138. The summed E-state index contributed by atoms with van der Waals surface area (Å²) in [5.41, 5.74) is 4.70. The fraction of sp³-hybridized carbons (Fsp3) is 0.429. The molecule has 9 nitrogen and oxygen atoms in total. The molecule has 1 saturated carbocycles. The minimum Gasteiger partial charge on any atom is -0.481 e. The minimum absolute atomic E-state index is 0.236. The molecule has 0 amide bonds. The molecule has 2 bridgehead atoms. The Balaban J connectivity index is 1.08. The first kappa shape index (κ1) is 22.5. The second-order valence-corrected chi connectivity index (χ2v) is 10.8. The number of anilines is 4. The lowest BCUT2D eigenvalue weighted by atomic mass is 9.78. The number of pyridine rings is 1. The Morgan fingerprint density at radius 2 is 2.05 bits per heavy atom. The molecular formula is C28H31N7O2. The maximum atomic E-state index is 11.6. The lowest BCUT2D eigenvalue weighted by Gasteiger charge is -2.43.